The van der Waals surface area contributed by atoms with Gasteiger partial charge in [0, 0.05) is 11.6 Å². The van der Waals surface area contributed by atoms with Gasteiger partial charge < -0.3 is 4.74 Å². The molecule has 4 nitrogen and oxygen atoms in total. The Morgan fingerprint density at radius 3 is 2.81 bits per heavy atom. The molecular formula is C8H5F3N2O2S. The fourth-order valence-corrected chi connectivity index (χ4v) is 1.99. The molecule has 0 saturated carbocycles. The smallest absolute Gasteiger partial charge is 0.435 e. The molecular weight excluding hydrogens is 245 g/mol. The third kappa shape index (κ3) is 1.54. The first-order chi connectivity index (χ1) is 7.45. The predicted molar refractivity (Wildman–Crippen MR) is 49.4 cm³/mol. The number of nitrogens with zero attached hydrogens (tertiary/aromatic N) is 2. The molecule has 0 aliphatic carbocycles. The normalized spacial score (nSPS) is 12.0. The zero-order chi connectivity index (χ0) is 11.9. The summed E-state index contributed by atoms with van der Waals surface area (Å²) in [5.74, 6) is -1.06. The second-order valence-corrected chi connectivity index (χ2v) is 3.73. The van der Waals surface area contributed by atoms with Gasteiger partial charge >= 0.3 is 12.1 Å². The fraction of sp³-hybridized carbons (Fsp3) is 0.250. The van der Waals surface area contributed by atoms with Crippen LogP contribution in [-0.4, -0.2) is 22.5 Å². The van der Waals surface area contributed by atoms with Crippen molar-refractivity contribution in [3.05, 3.63) is 23.0 Å². The van der Waals surface area contributed by atoms with Crippen molar-refractivity contribution in [2.45, 2.75) is 6.18 Å². The van der Waals surface area contributed by atoms with Gasteiger partial charge in [0.15, 0.2) is 16.3 Å². The van der Waals surface area contributed by atoms with Crippen LogP contribution in [0.5, 0.6) is 0 Å². The highest BCUT2D eigenvalue weighted by Crippen LogP contribution is 2.33. The number of thiazole rings is 1. The van der Waals surface area contributed by atoms with Gasteiger partial charge in [-0.3, -0.25) is 4.40 Å². The summed E-state index contributed by atoms with van der Waals surface area (Å²) in [4.78, 5) is 14.7. The number of imidazole rings is 1. The van der Waals surface area contributed by atoms with E-state index in [0.29, 0.717) is 0 Å². The van der Waals surface area contributed by atoms with Crippen LogP contribution in [0.25, 0.3) is 4.96 Å². The Kier molecular flexibility index (Phi) is 2.38. The Morgan fingerprint density at radius 2 is 2.25 bits per heavy atom. The third-order valence-corrected chi connectivity index (χ3v) is 2.67. The minimum absolute atomic E-state index is 0.104. The number of carbonyl (C=O) groups is 1. The lowest BCUT2D eigenvalue weighted by atomic mass is 10.3. The molecule has 8 heteroatoms. The number of aromatic nitrogens is 2. The molecule has 86 valence electrons. The number of rotatable bonds is 1. The Balaban J connectivity index is 2.73. The van der Waals surface area contributed by atoms with Gasteiger partial charge in [-0.15, -0.1) is 11.3 Å². The Labute approximate surface area is 91.3 Å². The SMILES string of the molecule is COC(=O)c1c(C(F)(F)F)nc2sccn12. The average molecular weight is 250 g/mol. The van der Waals surface area contributed by atoms with Crippen LogP contribution in [0.3, 0.4) is 0 Å². The average Bonchev–Trinajstić information content (AvgIpc) is 2.73. The largest absolute Gasteiger partial charge is 0.464 e. The van der Waals surface area contributed by atoms with Crippen molar-refractivity contribution in [3.63, 3.8) is 0 Å². The van der Waals surface area contributed by atoms with Crippen molar-refractivity contribution < 1.29 is 22.7 Å². The molecule has 2 heterocycles. The Hall–Kier alpha value is -1.57. The van der Waals surface area contributed by atoms with Crippen molar-refractivity contribution in [2.75, 3.05) is 7.11 Å². The molecule has 0 amide bonds. The molecule has 0 aliphatic rings. The van der Waals surface area contributed by atoms with Gasteiger partial charge in [-0.1, -0.05) is 0 Å². The van der Waals surface area contributed by atoms with Crippen LogP contribution in [0.4, 0.5) is 13.2 Å². The van der Waals surface area contributed by atoms with Crippen molar-refractivity contribution in [1.29, 1.82) is 0 Å². The summed E-state index contributed by atoms with van der Waals surface area (Å²) in [6.45, 7) is 0. The van der Waals surface area contributed by atoms with E-state index in [-0.39, 0.29) is 4.96 Å². The van der Waals surface area contributed by atoms with E-state index in [1.807, 2.05) is 0 Å². The number of ether oxygens (including phenoxy) is 1. The quantitative estimate of drug-likeness (QED) is 0.729. The van der Waals surface area contributed by atoms with E-state index in [0.717, 1.165) is 22.8 Å². The number of esters is 1. The monoisotopic (exact) mass is 250 g/mol. The molecule has 0 spiro atoms. The summed E-state index contributed by atoms with van der Waals surface area (Å²) < 4.78 is 43.1. The van der Waals surface area contributed by atoms with Gasteiger partial charge in [0.25, 0.3) is 0 Å². The van der Waals surface area contributed by atoms with E-state index < -0.39 is 23.5 Å². The predicted octanol–water partition coefficient (Wildman–Crippen LogP) is 2.20. The molecule has 0 N–H and O–H groups in total. The Morgan fingerprint density at radius 1 is 1.56 bits per heavy atom. The fourth-order valence-electron chi connectivity index (χ4n) is 1.28. The lowest BCUT2D eigenvalue weighted by molar-refractivity contribution is -0.141. The lowest BCUT2D eigenvalue weighted by Crippen LogP contribution is -2.15. The number of hydrogen-bond acceptors (Lipinski definition) is 4. The molecule has 16 heavy (non-hydrogen) atoms. The number of carbonyl (C=O) groups excluding carboxylic acids is 1. The topological polar surface area (TPSA) is 43.6 Å². The van der Waals surface area contributed by atoms with Crippen molar-refractivity contribution in [2.24, 2.45) is 0 Å². The van der Waals surface area contributed by atoms with Crippen molar-refractivity contribution >= 4 is 22.3 Å². The van der Waals surface area contributed by atoms with Crippen LogP contribution in [0.15, 0.2) is 11.6 Å². The molecule has 0 unspecified atom stereocenters. The van der Waals surface area contributed by atoms with Crippen LogP contribution >= 0.6 is 11.3 Å². The molecule has 2 aromatic heterocycles. The number of alkyl halides is 3. The molecule has 0 radical (unpaired) electrons. The first kappa shape index (κ1) is 10.9. The van der Waals surface area contributed by atoms with Crippen LogP contribution in [0.2, 0.25) is 0 Å². The van der Waals surface area contributed by atoms with Gasteiger partial charge in [-0.05, 0) is 0 Å². The maximum Gasteiger partial charge on any atom is 0.435 e. The van der Waals surface area contributed by atoms with Gasteiger partial charge in [0.05, 0.1) is 7.11 Å². The van der Waals surface area contributed by atoms with E-state index in [2.05, 4.69) is 9.72 Å². The van der Waals surface area contributed by atoms with E-state index >= 15 is 0 Å². The summed E-state index contributed by atoms with van der Waals surface area (Å²) in [6, 6.07) is 0. The number of halogens is 3. The molecule has 0 fully saturated rings. The van der Waals surface area contributed by atoms with Gasteiger partial charge in [0.1, 0.15) is 0 Å². The third-order valence-electron chi connectivity index (χ3n) is 1.91. The highest BCUT2D eigenvalue weighted by Gasteiger charge is 2.40. The number of methoxy groups -OCH3 is 1. The summed E-state index contributed by atoms with van der Waals surface area (Å²) in [6.07, 6.45) is -3.33. The second kappa shape index (κ2) is 3.48. The molecule has 2 aromatic rings. The molecule has 0 aromatic carbocycles. The summed E-state index contributed by atoms with van der Waals surface area (Å²) in [5.41, 5.74) is -1.81. The molecule has 0 aliphatic heterocycles. The van der Waals surface area contributed by atoms with Gasteiger partial charge in [-0.2, -0.15) is 13.2 Å². The summed E-state index contributed by atoms with van der Waals surface area (Å²) in [5, 5.41) is 1.54. The van der Waals surface area contributed by atoms with Crippen LogP contribution in [-0.2, 0) is 10.9 Å². The highest BCUT2D eigenvalue weighted by molar-refractivity contribution is 7.15. The van der Waals surface area contributed by atoms with Crippen LogP contribution in [0.1, 0.15) is 16.2 Å². The maximum absolute atomic E-state index is 12.6. The number of hydrogen-bond donors (Lipinski definition) is 0. The minimum atomic E-state index is -4.67. The van der Waals surface area contributed by atoms with E-state index in [9.17, 15) is 18.0 Å². The summed E-state index contributed by atoms with van der Waals surface area (Å²) in [7, 11) is 1.02. The summed E-state index contributed by atoms with van der Waals surface area (Å²) >= 11 is 1.01. The van der Waals surface area contributed by atoms with Gasteiger partial charge in [-0.25, -0.2) is 9.78 Å². The minimum Gasteiger partial charge on any atom is -0.464 e. The molecule has 2 rings (SSSR count). The van der Waals surface area contributed by atoms with Crippen LogP contribution < -0.4 is 0 Å². The van der Waals surface area contributed by atoms with Crippen molar-refractivity contribution in [1.82, 2.24) is 9.38 Å². The second-order valence-electron chi connectivity index (χ2n) is 2.85. The standard InChI is InChI=1S/C8H5F3N2O2S/c1-15-6(14)4-5(8(9,10)11)12-7-13(4)2-3-16-7/h2-3H,1H3. The zero-order valence-electron chi connectivity index (χ0n) is 7.91. The van der Waals surface area contributed by atoms with Crippen LogP contribution in [0, 0.1) is 0 Å². The Bertz CT molecular complexity index is 543. The number of fused-ring (bicyclic) bond motifs is 1. The first-order valence-electron chi connectivity index (χ1n) is 4.06. The molecule has 0 atom stereocenters. The van der Waals surface area contributed by atoms with Gasteiger partial charge in [0.2, 0.25) is 0 Å². The highest BCUT2D eigenvalue weighted by atomic mass is 32.1. The van der Waals surface area contributed by atoms with E-state index in [4.69, 9.17) is 0 Å². The van der Waals surface area contributed by atoms with E-state index in [1.165, 1.54) is 11.6 Å². The molecule has 0 saturated heterocycles. The first-order valence-corrected chi connectivity index (χ1v) is 4.94. The van der Waals surface area contributed by atoms with Crippen molar-refractivity contribution in [3.8, 4) is 0 Å². The maximum atomic E-state index is 12.6. The van der Waals surface area contributed by atoms with E-state index in [1.54, 1.807) is 0 Å². The lowest BCUT2D eigenvalue weighted by Gasteiger charge is -2.05. The molecule has 0 bridgehead atoms. The zero-order valence-corrected chi connectivity index (χ0v) is 8.72.